The van der Waals surface area contributed by atoms with Gasteiger partial charge in [0.15, 0.2) is 5.78 Å². The number of rotatable bonds is 4. The number of nitrogens with zero attached hydrogens (tertiary/aromatic N) is 2. The van der Waals surface area contributed by atoms with Gasteiger partial charge in [0.1, 0.15) is 5.54 Å². The van der Waals surface area contributed by atoms with Gasteiger partial charge in [-0.3, -0.25) is 14.6 Å². The molecule has 0 amide bonds. The predicted octanol–water partition coefficient (Wildman–Crippen LogP) is 4.45. The van der Waals surface area contributed by atoms with Crippen LogP contribution in [-0.4, -0.2) is 41.8 Å². The number of piperazine rings is 1. The lowest BCUT2D eigenvalue weighted by molar-refractivity contribution is 0.0288. The molecule has 1 unspecified atom stereocenters. The number of aryl methyl sites for hydroxylation is 1. The van der Waals surface area contributed by atoms with Crippen LogP contribution < -0.4 is 0 Å². The van der Waals surface area contributed by atoms with Crippen LogP contribution in [0.25, 0.3) is 0 Å². The zero-order valence-electron chi connectivity index (χ0n) is 17.6. The van der Waals surface area contributed by atoms with E-state index in [4.69, 9.17) is 0 Å². The predicted molar refractivity (Wildman–Crippen MR) is 121 cm³/mol. The normalized spacial score (nSPS) is 22.2. The van der Waals surface area contributed by atoms with Crippen LogP contribution in [0.5, 0.6) is 0 Å². The molecule has 3 aromatic rings. The highest BCUT2D eigenvalue weighted by molar-refractivity contribution is 6.08. The lowest BCUT2D eigenvalue weighted by Crippen LogP contribution is -2.58. The number of carbonyl (C=O) groups is 1. The van der Waals surface area contributed by atoms with Crippen molar-refractivity contribution in [1.29, 1.82) is 0 Å². The van der Waals surface area contributed by atoms with Gasteiger partial charge in [-0.15, -0.1) is 0 Å². The number of carbonyl (C=O) groups excluding carboxylic acids is 1. The topological polar surface area (TPSA) is 23.6 Å². The molecule has 2 aliphatic rings. The van der Waals surface area contributed by atoms with Crippen LogP contribution in [0, 0.1) is 6.92 Å². The van der Waals surface area contributed by atoms with Gasteiger partial charge in [-0.25, -0.2) is 0 Å². The quantitative estimate of drug-likeness (QED) is 0.651. The van der Waals surface area contributed by atoms with E-state index in [-0.39, 0.29) is 5.78 Å². The molecule has 0 saturated carbocycles. The first-order valence-electron chi connectivity index (χ1n) is 10.9. The highest BCUT2D eigenvalue weighted by Crippen LogP contribution is 2.43. The van der Waals surface area contributed by atoms with E-state index in [2.05, 4.69) is 89.5 Å². The van der Waals surface area contributed by atoms with Crippen molar-refractivity contribution in [3.8, 4) is 0 Å². The van der Waals surface area contributed by atoms with E-state index in [0.717, 1.165) is 55.8 Å². The van der Waals surface area contributed by atoms with Gasteiger partial charge in [0, 0.05) is 44.7 Å². The Hall–Kier alpha value is -2.75. The highest BCUT2D eigenvalue weighted by Gasteiger charge is 2.51. The van der Waals surface area contributed by atoms with Gasteiger partial charge >= 0.3 is 0 Å². The first kappa shape index (κ1) is 19.2. The van der Waals surface area contributed by atoms with Gasteiger partial charge in [-0.2, -0.15) is 0 Å². The molecule has 152 valence electrons. The maximum atomic E-state index is 13.9. The van der Waals surface area contributed by atoms with Crippen molar-refractivity contribution >= 4 is 5.78 Å². The fraction of sp³-hybridized carbons (Fsp3) is 0.296. The average Bonchev–Trinajstić information content (AvgIpc) is 3.08. The summed E-state index contributed by atoms with van der Waals surface area (Å²) in [6, 6.07) is 27.4. The molecule has 0 aromatic heterocycles. The fourth-order valence-electron chi connectivity index (χ4n) is 5.15. The molecular formula is C27H28N2O. The Labute approximate surface area is 178 Å². The summed E-state index contributed by atoms with van der Waals surface area (Å²) in [7, 11) is 0. The van der Waals surface area contributed by atoms with E-state index in [1.807, 2.05) is 6.07 Å². The lowest BCUT2D eigenvalue weighted by Gasteiger charge is -2.45. The summed E-state index contributed by atoms with van der Waals surface area (Å²) < 4.78 is 0. The molecule has 0 spiro atoms. The number of Topliss-reactive ketones (excluding diaryl/α,β-unsaturated/α-hetero) is 1. The van der Waals surface area contributed by atoms with Crippen LogP contribution in [0.15, 0.2) is 78.9 Å². The number of hydrogen-bond donors (Lipinski definition) is 0. The molecule has 3 heteroatoms. The number of ketones is 1. The molecule has 1 aliphatic carbocycles. The molecule has 1 atom stereocenters. The standard InChI is InChI=1S/C27H28N2O/c1-21-12-13-23-19-27(26(30)25(23)18-21,24-10-6-3-7-11-24)29-16-14-28(15-17-29)20-22-8-4-2-5-9-22/h2-13,18H,14-17,19-20H2,1H3. The number of benzene rings is 3. The molecule has 5 rings (SSSR count). The van der Waals surface area contributed by atoms with Crippen molar-refractivity contribution in [2.75, 3.05) is 26.2 Å². The van der Waals surface area contributed by atoms with Crippen LogP contribution in [0.1, 0.15) is 32.6 Å². The second-order valence-corrected chi connectivity index (χ2v) is 8.64. The van der Waals surface area contributed by atoms with Crippen LogP contribution in [0.3, 0.4) is 0 Å². The van der Waals surface area contributed by atoms with Crippen LogP contribution in [0.2, 0.25) is 0 Å². The maximum absolute atomic E-state index is 13.9. The van der Waals surface area contributed by atoms with Gasteiger partial charge in [0.2, 0.25) is 0 Å². The van der Waals surface area contributed by atoms with Gasteiger partial charge in [0.25, 0.3) is 0 Å². The summed E-state index contributed by atoms with van der Waals surface area (Å²) in [5.41, 5.74) is 5.14. The second kappa shape index (κ2) is 7.82. The van der Waals surface area contributed by atoms with Crippen molar-refractivity contribution in [3.63, 3.8) is 0 Å². The van der Waals surface area contributed by atoms with Gasteiger partial charge in [0.05, 0.1) is 0 Å². The third-order valence-electron chi connectivity index (χ3n) is 6.74. The van der Waals surface area contributed by atoms with Crippen molar-refractivity contribution in [3.05, 3.63) is 107 Å². The molecule has 1 aliphatic heterocycles. The molecule has 1 fully saturated rings. The monoisotopic (exact) mass is 396 g/mol. The van der Waals surface area contributed by atoms with E-state index in [1.165, 1.54) is 11.1 Å². The summed E-state index contributed by atoms with van der Waals surface area (Å²) in [5, 5.41) is 0. The molecule has 0 bridgehead atoms. The molecule has 30 heavy (non-hydrogen) atoms. The number of fused-ring (bicyclic) bond motifs is 1. The molecule has 3 nitrogen and oxygen atoms in total. The Kier molecular flexibility index (Phi) is 5.01. The highest BCUT2D eigenvalue weighted by atomic mass is 16.1. The molecule has 1 heterocycles. The minimum atomic E-state index is -0.573. The van der Waals surface area contributed by atoms with Crippen molar-refractivity contribution in [1.82, 2.24) is 9.80 Å². The third-order valence-corrected chi connectivity index (χ3v) is 6.74. The Balaban J connectivity index is 1.43. The van der Waals surface area contributed by atoms with Crippen LogP contribution >= 0.6 is 0 Å². The largest absolute Gasteiger partial charge is 0.297 e. The maximum Gasteiger partial charge on any atom is 0.188 e. The van der Waals surface area contributed by atoms with E-state index >= 15 is 0 Å². The molecular weight excluding hydrogens is 368 g/mol. The van der Waals surface area contributed by atoms with E-state index < -0.39 is 5.54 Å². The summed E-state index contributed by atoms with van der Waals surface area (Å²) in [4.78, 5) is 18.8. The van der Waals surface area contributed by atoms with Gasteiger partial charge < -0.3 is 0 Å². The van der Waals surface area contributed by atoms with Crippen molar-refractivity contribution in [2.45, 2.75) is 25.4 Å². The number of hydrogen-bond acceptors (Lipinski definition) is 3. The molecule has 1 saturated heterocycles. The van der Waals surface area contributed by atoms with E-state index in [1.54, 1.807) is 0 Å². The Morgan fingerprint density at radius 1 is 0.833 bits per heavy atom. The first-order chi connectivity index (χ1) is 14.7. The zero-order chi connectivity index (χ0) is 20.6. The second-order valence-electron chi connectivity index (χ2n) is 8.64. The van der Waals surface area contributed by atoms with Crippen molar-refractivity contribution in [2.24, 2.45) is 0 Å². The summed E-state index contributed by atoms with van der Waals surface area (Å²) in [5.74, 6) is 0.268. The minimum absolute atomic E-state index is 0.268. The molecule has 0 radical (unpaired) electrons. The Morgan fingerprint density at radius 3 is 2.20 bits per heavy atom. The first-order valence-corrected chi connectivity index (χ1v) is 10.9. The van der Waals surface area contributed by atoms with Crippen molar-refractivity contribution < 1.29 is 4.79 Å². The fourth-order valence-corrected chi connectivity index (χ4v) is 5.15. The van der Waals surface area contributed by atoms with E-state index in [9.17, 15) is 4.79 Å². The van der Waals surface area contributed by atoms with Gasteiger partial charge in [-0.1, -0.05) is 78.4 Å². The molecule has 3 aromatic carbocycles. The molecule has 0 N–H and O–H groups in total. The lowest BCUT2D eigenvalue weighted by atomic mass is 9.83. The van der Waals surface area contributed by atoms with Crippen LogP contribution in [-0.2, 0) is 18.5 Å². The SMILES string of the molecule is Cc1ccc2c(c1)C(=O)C(c1ccccc1)(N1CCN(Cc3ccccc3)CC1)C2. The summed E-state index contributed by atoms with van der Waals surface area (Å²) >= 11 is 0. The Bertz CT molecular complexity index is 1040. The third kappa shape index (κ3) is 3.28. The summed E-state index contributed by atoms with van der Waals surface area (Å²) in [6.45, 7) is 6.80. The van der Waals surface area contributed by atoms with Gasteiger partial charge in [-0.05, 0) is 29.7 Å². The van der Waals surface area contributed by atoms with E-state index in [0.29, 0.717) is 0 Å². The van der Waals surface area contributed by atoms with Crippen LogP contribution in [0.4, 0.5) is 0 Å². The zero-order valence-corrected chi connectivity index (χ0v) is 17.6. The smallest absolute Gasteiger partial charge is 0.188 e. The Morgan fingerprint density at radius 2 is 1.50 bits per heavy atom. The minimum Gasteiger partial charge on any atom is -0.297 e. The summed E-state index contributed by atoms with van der Waals surface area (Å²) in [6.07, 6.45) is 0.768. The average molecular weight is 397 g/mol.